The second kappa shape index (κ2) is 11.0. The molecule has 1 saturated heterocycles. The van der Waals surface area contributed by atoms with Gasteiger partial charge in [0.05, 0.1) is 42.9 Å². The maximum Gasteiger partial charge on any atom is 0.257 e. The van der Waals surface area contributed by atoms with Gasteiger partial charge in [0.1, 0.15) is 5.82 Å². The van der Waals surface area contributed by atoms with Crippen LogP contribution in [0.3, 0.4) is 0 Å². The molecule has 0 unspecified atom stereocenters. The summed E-state index contributed by atoms with van der Waals surface area (Å²) in [5.74, 6) is 0.487. The van der Waals surface area contributed by atoms with E-state index in [1.54, 1.807) is 36.9 Å². The van der Waals surface area contributed by atoms with Crippen molar-refractivity contribution in [3.63, 3.8) is 0 Å². The van der Waals surface area contributed by atoms with Crippen molar-refractivity contribution >= 4 is 23.1 Å². The van der Waals surface area contributed by atoms with Gasteiger partial charge < -0.3 is 20.3 Å². The van der Waals surface area contributed by atoms with Gasteiger partial charge in [-0.3, -0.25) is 14.8 Å². The average Bonchev–Trinajstić information content (AvgIpc) is 2.94. The van der Waals surface area contributed by atoms with Crippen LogP contribution in [0, 0.1) is 0 Å². The predicted octanol–water partition coefficient (Wildman–Crippen LogP) is 4.80. The lowest BCUT2D eigenvalue weighted by atomic mass is 10.1. The number of carbonyl (C=O) groups excluding carboxylic acids is 1. The highest BCUT2D eigenvalue weighted by Crippen LogP contribution is 2.25. The number of amides is 1. The van der Waals surface area contributed by atoms with Crippen molar-refractivity contribution < 1.29 is 9.53 Å². The normalized spacial score (nSPS) is 14.2. The van der Waals surface area contributed by atoms with Gasteiger partial charge in [-0.05, 0) is 48.9 Å². The van der Waals surface area contributed by atoms with Crippen LogP contribution >= 0.6 is 0 Å². The van der Waals surface area contributed by atoms with Gasteiger partial charge in [-0.15, -0.1) is 0 Å². The van der Waals surface area contributed by atoms with Crippen molar-refractivity contribution in [1.82, 2.24) is 15.0 Å². The Kier molecular flexibility index (Phi) is 7.14. The number of ether oxygens (including phenoxy) is 1. The Bertz CT molecular complexity index is 1310. The second-order valence-corrected chi connectivity index (χ2v) is 8.62. The number of hydrogen-bond donors (Lipinski definition) is 2. The second-order valence-electron chi connectivity index (χ2n) is 8.62. The Balaban J connectivity index is 1.25. The molecule has 0 saturated carbocycles. The van der Waals surface area contributed by atoms with Crippen LogP contribution in [0.4, 0.5) is 17.2 Å². The van der Waals surface area contributed by atoms with Crippen LogP contribution in [0.5, 0.6) is 0 Å². The fourth-order valence-electron chi connectivity index (χ4n) is 4.13. The summed E-state index contributed by atoms with van der Waals surface area (Å²) in [6.07, 6.45) is 6.68. The van der Waals surface area contributed by atoms with E-state index in [1.165, 1.54) is 5.69 Å². The summed E-state index contributed by atoms with van der Waals surface area (Å²) in [7, 11) is 0. The topological polar surface area (TPSA) is 92.3 Å². The predicted molar refractivity (Wildman–Crippen MR) is 141 cm³/mol. The molecule has 8 nitrogen and oxygen atoms in total. The van der Waals surface area contributed by atoms with Gasteiger partial charge in [0.15, 0.2) is 0 Å². The van der Waals surface area contributed by atoms with Crippen LogP contribution in [0.2, 0.25) is 0 Å². The van der Waals surface area contributed by atoms with Gasteiger partial charge >= 0.3 is 0 Å². The standard InChI is InChI=1S/C28H28N6O2/c1-20(22-4-2-6-24(16-22)32-28(35)23-5-3-11-29-17-23)31-27-19-30-18-26(33-27)21-7-9-25(10-8-21)34-12-14-36-15-13-34/h2-11,16-20H,12-15H2,1H3,(H,31,33)(H,32,35)/t20-/m0/s1. The largest absolute Gasteiger partial charge is 0.378 e. The van der Waals surface area contributed by atoms with Crippen molar-refractivity contribution in [2.24, 2.45) is 0 Å². The zero-order chi connectivity index (χ0) is 24.7. The third-order valence-electron chi connectivity index (χ3n) is 6.11. The van der Waals surface area contributed by atoms with Gasteiger partial charge in [0, 0.05) is 42.4 Å². The fourth-order valence-corrected chi connectivity index (χ4v) is 4.13. The lowest BCUT2D eigenvalue weighted by Crippen LogP contribution is -2.36. The van der Waals surface area contributed by atoms with E-state index in [0.29, 0.717) is 11.4 Å². The maximum absolute atomic E-state index is 12.5. The monoisotopic (exact) mass is 480 g/mol. The smallest absolute Gasteiger partial charge is 0.257 e. The number of rotatable bonds is 7. The molecule has 8 heteroatoms. The van der Waals surface area contributed by atoms with E-state index in [4.69, 9.17) is 9.72 Å². The van der Waals surface area contributed by atoms with Gasteiger partial charge in [0.2, 0.25) is 0 Å². The first-order valence-electron chi connectivity index (χ1n) is 12.0. The number of nitrogens with one attached hydrogen (secondary N) is 2. The van der Waals surface area contributed by atoms with E-state index < -0.39 is 0 Å². The first kappa shape index (κ1) is 23.4. The molecular weight excluding hydrogens is 452 g/mol. The molecule has 2 aromatic carbocycles. The van der Waals surface area contributed by atoms with E-state index in [9.17, 15) is 4.79 Å². The van der Waals surface area contributed by atoms with Crippen molar-refractivity contribution in [2.45, 2.75) is 13.0 Å². The number of benzene rings is 2. The Morgan fingerprint density at radius 3 is 2.58 bits per heavy atom. The van der Waals surface area contributed by atoms with Crippen molar-refractivity contribution in [3.8, 4) is 11.3 Å². The molecule has 0 spiro atoms. The highest BCUT2D eigenvalue weighted by molar-refractivity contribution is 6.04. The third kappa shape index (κ3) is 5.67. The number of nitrogens with zero attached hydrogens (tertiary/aromatic N) is 4. The molecule has 2 N–H and O–H groups in total. The molecule has 0 radical (unpaired) electrons. The van der Waals surface area contributed by atoms with Crippen LogP contribution < -0.4 is 15.5 Å². The number of hydrogen-bond acceptors (Lipinski definition) is 7. The highest BCUT2D eigenvalue weighted by atomic mass is 16.5. The summed E-state index contributed by atoms with van der Waals surface area (Å²) < 4.78 is 5.45. The summed E-state index contributed by atoms with van der Waals surface area (Å²) in [6, 6.07) is 19.6. The SMILES string of the molecule is C[C@H](Nc1cncc(-c2ccc(N3CCOCC3)cc2)n1)c1cccc(NC(=O)c2cccnc2)c1. The minimum Gasteiger partial charge on any atom is -0.378 e. The Labute approximate surface area is 210 Å². The molecule has 1 aliphatic rings. The third-order valence-corrected chi connectivity index (χ3v) is 6.11. The molecule has 4 aromatic rings. The van der Waals surface area contributed by atoms with Crippen molar-refractivity contribution in [3.05, 3.63) is 96.6 Å². The molecule has 1 amide bonds. The number of pyridine rings is 1. The van der Waals surface area contributed by atoms with Gasteiger partial charge in [-0.1, -0.05) is 24.3 Å². The number of aromatic nitrogens is 3. The van der Waals surface area contributed by atoms with E-state index in [1.807, 2.05) is 31.2 Å². The first-order valence-corrected chi connectivity index (χ1v) is 12.0. The summed E-state index contributed by atoms with van der Waals surface area (Å²) >= 11 is 0. The molecule has 1 fully saturated rings. The number of carbonyl (C=O) groups is 1. The van der Waals surface area contributed by atoms with Crippen LogP contribution in [0.25, 0.3) is 11.3 Å². The molecule has 3 heterocycles. The Morgan fingerprint density at radius 1 is 0.972 bits per heavy atom. The molecule has 0 aliphatic carbocycles. The van der Waals surface area contributed by atoms with Crippen molar-refractivity contribution in [1.29, 1.82) is 0 Å². The average molecular weight is 481 g/mol. The maximum atomic E-state index is 12.5. The Hall–Kier alpha value is -4.30. The van der Waals surface area contributed by atoms with Gasteiger partial charge in [-0.2, -0.15) is 0 Å². The molecule has 0 bridgehead atoms. The van der Waals surface area contributed by atoms with Gasteiger partial charge in [0.25, 0.3) is 5.91 Å². The summed E-state index contributed by atoms with van der Waals surface area (Å²) in [6.45, 7) is 5.39. The molecule has 5 rings (SSSR count). The van der Waals surface area contributed by atoms with Gasteiger partial charge in [-0.25, -0.2) is 4.98 Å². The molecule has 1 atom stereocenters. The molecule has 2 aromatic heterocycles. The zero-order valence-electron chi connectivity index (χ0n) is 20.1. The van der Waals surface area contributed by atoms with E-state index >= 15 is 0 Å². The van der Waals surface area contributed by atoms with Crippen LogP contribution in [0.1, 0.15) is 28.9 Å². The zero-order valence-corrected chi connectivity index (χ0v) is 20.1. The lowest BCUT2D eigenvalue weighted by molar-refractivity contribution is 0.102. The quantitative estimate of drug-likeness (QED) is 0.392. The summed E-state index contributed by atoms with van der Waals surface area (Å²) in [5, 5.41) is 6.36. The fraction of sp³-hybridized carbons (Fsp3) is 0.214. The molecular formula is C28H28N6O2. The van der Waals surface area contributed by atoms with E-state index in [2.05, 4.69) is 49.8 Å². The summed E-state index contributed by atoms with van der Waals surface area (Å²) in [4.78, 5) is 28.0. The van der Waals surface area contributed by atoms with Crippen molar-refractivity contribution in [2.75, 3.05) is 41.8 Å². The first-order chi connectivity index (χ1) is 17.7. The number of anilines is 3. The molecule has 1 aliphatic heterocycles. The van der Waals surface area contributed by atoms with Crippen LogP contribution in [-0.2, 0) is 4.74 Å². The minimum atomic E-state index is -0.195. The van der Waals surface area contributed by atoms with E-state index in [-0.39, 0.29) is 11.9 Å². The summed E-state index contributed by atoms with van der Waals surface area (Å²) in [5.41, 5.74) is 5.25. The highest BCUT2D eigenvalue weighted by Gasteiger charge is 2.13. The van der Waals surface area contributed by atoms with Crippen LogP contribution in [-0.4, -0.2) is 47.2 Å². The van der Waals surface area contributed by atoms with E-state index in [0.717, 1.165) is 48.8 Å². The lowest BCUT2D eigenvalue weighted by Gasteiger charge is -2.28. The minimum absolute atomic E-state index is 0.0477. The Morgan fingerprint density at radius 2 is 1.81 bits per heavy atom. The van der Waals surface area contributed by atoms with Crippen LogP contribution in [0.15, 0.2) is 85.5 Å². The molecule has 36 heavy (non-hydrogen) atoms. The molecule has 182 valence electrons. The number of morpholine rings is 1.